The highest BCUT2D eigenvalue weighted by molar-refractivity contribution is 7.09. The maximum absolute atomic E-state index is 12.3. The smallest absolute Gasteiger partial charge is 0.271 e. The molecule has 2 atom stereocenters. The minimum Gasteiger partial charge on any atom is -0.394 e. The fourth-order valence-electron chi connectivity index (χ4n) is 2.92. The third-order valence-corrected chi connectivity index (χ3v) is 4.82. The summed E-state index contributed by atoms with van der Waals surface area (Å²) in [6.45, 7) is 2.69. The molecule has 20 heavy (non-hydrogen) atoms. The SMILES string of the molecule is CC1CCCC(CO)(NC(=O)c2csc(CCN)n2)C1. The van der Waals surface area contributed by atoms with Gasteiger partial charge in [0.2, 0.25) is 0 Å². The molecular weight excluding hydrogens is 274 g/mol. The molecule has 1 saturated carbocycles. The highest BCUT2D eigenvalue weighted by atomic mass is 32.1. The van der Waals surface area contributed by atoms with Crippen molar-refractivity contribution < 1.29 is 9.90 Å². The van der Waals surface area contributed by atoms with Crippen molar-refractivity contribution in [3.05, 3.63) is 16.1 Å². The summed E-state index contributed by atoms with van der Waals surface area (Å²) in [5.41, 5.74) is 5.44. The number of hydrogen-bond acceptors (Lipinski definition) is 5. The van der Waals surface area contributed by atoms with Crippen LogP contribution in [0.5, 0.6) is 0 Å². The first-order valence-corrected chi connectivity index (χ1v) is 8.04. The molecule has 1 heterocycles. The Kier molecular flexibility index (Phi) is 5.12. The molecule has 2 rings (SSSR count). The van der Waals surface area contributed by atoms with Crippen LogP contribution >= 0.6 is 11.3 Å². The van der Waals surface area contributed by atoms with Crippen LogP contribution < -0.4 is 11.1 Å². The fourth-order valence-corrected chi connectivity index (χ4v) is 3.71. The quantitative estimate of drug-likeness (QED) is 0.764. The second-order valence-electron chi connectivity index (χ2n) is 5.76. The predicted molar refractivity (Wildman–Crippen MR) is 79.8 cm³/mol. The Morgan fingerprint density at radius 3 is 3.15 bits per heavy atom. The van der Waals surface area contributed by atoms with Gasteiger partial charge in [-0.2, -0.15) is 0 Å². The third-order valence-electron chi connectivity index (χ3n) is 3.92. The number of aromatic nitrogens is 1. The number of aliphatic hydroxyl groups is 1. The van der Waals surface area contributed by atoms with E-state index >= 15 is 0 Å². The summed E-state index contributed by atoms with van der Waals surface area (Å²) in [4.78, 5) is 16.6. The van der Waals surface area contributed by atoms with E-state index in [1.165, 1.54) is 11.3 Å². The second-order valence-corrected chi connectivity index (χ2v) is 6.70. The highest BCUT2D eigenvalue weighted by Crippen LogP contribution is 2.32. The van der Waals surface area contributed by atoms with E-state index in [0.717, 1.165) is 30.7 Å². The van der Waals surface area contributed by atoms with Crippen molar-refractivity contribution in [2.24, 2.45) is 11.7 Å². The van der Waals surface area contributed by atoms with Gasteiger partial charge in [0.15, 0.2) is 0 Å². The van der Waals surface area contributed by atoms with Gasteiger partial charge in [0.1, 0.15) is 5.69 Å². The van der Waals surface area contributed by atoms with Crippen LogP contribution in [0, 0.1) is 5.92 Å². The minimum absolute atomic E-state index is 0.0110. The van der Waals surface area contributed by atoms with E-state index in [1.54, 1.807) is 5.38 Å². The van der Waals surface area contributed by atoms with Gasteiger partial charge < -0.3 is 16.2 Å². The van der Waals surface area contributed by atoms with Gasteiger partial charge in [0, 0.05) is 11.8 Å². The average Bonchev–Trinajstić information content (AvgIpc) is 2.88. The number of amides is 1. The lowest BCUT2D eigenvalue weighted by molar-refractivity contribution is 0.0693. The van der Waals surface area contributed by atoms with Gasteiger partial charge in [-0.3, -0.25) is 4.79 Å². The van der Waals surface area contributed by atoms with Crippen LogP contribution in [-0.2, 0) is 6.42 Å². The van der Waals surface area contributed by atoms with Gasteiger partial charge in [0.05, 0.1) is 17.2 Å². The Hall–Kier alpha value is -0.980. The first kappa shape index (κ1) is 15.4. The molecule has 0 aromatic carbocycles. The Bertz CT molecular complexity index is 463. The maximum Gasteiger partial charge on any atom is 0.271 e. The van der Waals surface area contributed by atoms with E-state index in [4.69, 9.17) is 5.73 Å². The van der Waals surface area contributed by atoms with Crippen molar-refractivity contribution in [3.8, 4) is 0 Å². The summed E-state index contributed by atoms with van der Waals surface area (Å²) >= 11 is 1.46. The molecule has 5 nitrogen and oxygen atoms in total. The molecule has 0 aliphatic heterocycles. The van der Waals surface area contributed by atoms with Crippen LogP contribution in [0.2, 0.25) is 0 Å². The number of carbonyl (C=O) groups is 1. The number of nitrogens with two attached hydrogens (primary N) is 1. The Labute approximate surface area is 123 Å². The maximum atomic E-state index is 12.3. The van der Waals surface area contributed by atoms with Gasteiger partial charge in [-0.05, 0) is 25.3 Å². The molecule has 0 saturated heterocycles. The molecule has 1 aromatic heterocycles. The van der Waals surface area contributed by atoms with Crippen LogP contribution in [0.15, 0.2) is 5.38 Å². The molecule has 0 bridgehead atoms. The van der Waals surface area contributed by atoms with Crippen molar-refractivity contribution in [3.63, 3.8) is 0 Å². The van der Waals surface area contributed by atoms with Gasteiger partial charge in [-0.15, -0.1) is 11.3 Å². The number of rotatable bonds is 5. The van der Waals surface area contributed by atoms with Gasteiger partial charge in [-0.1, -0.05) is 19.8 Å². The fraction of sp³-hybridized carbons (Fsp3) is 0.714. The third kappa shape index (κ3) is 3.56. The zero-order valence-electron chi connectivity index (χ0n) is 11.9. The second kappa shape index (κ2) is 6.65. The monoisotopic (exact) mass is 297 g/mol. The standard InChI is InChI=1S/C14H23N3O2S/c1-10-3-2-5-14(7-10,9-18)17-13(19)11-8-20-12(16-11)4-6-15/h8,10,18H,2-7,9,15H2,1H3,(H,17,19). The minimum atomic E-state index is -0.480. The molecule has 1 aliphatic rings. The van der Waals surface area contributed by atoms with Crippen molar-refractivity contribution >= 4 is 17.2 Å². The first-order chi connectivity index (χ1) is 9.58. The number of nitrogens with one attached hydrogen (secondary N) is 1. The van der Waals surface area contributed by atoms with Crippen molar-refractivity contribution in [2.45, 2.75) is 44.6 Å². The van der Waals surface area contributed by atoms with Gasteiger partial charge in [-0.25, -0.2) is 4.98 Å². The molecule has 2 unspecified atom stereocenters. The number of aliphatic hydroxyl groups excluding tert-OH is 1. The Balaban J connectivity index is 2.04. The van der Waals surface area contributed by atoms with Crippen LogP contribution in [0.1, 0.15) is 48.1 Å². The van der Waals surface area contributed by atoms with Crippen molar-refractivity contribution in [2.75, 3.05) is 13.2 Å². The molecule has 1 aromatic rings. The topological polar surface area (TPSA) is 88.2 Å². The summed E-state index contributed by atoms with van der Waals surface area (Å²) in [6.07, 6.45) is 4.56. The summed E-state index contributed by atoms with van der Waals surface area (Å²) in [7, 11) is 0. The summed E-state index contributed by atoms with van der Waals surface area (Å²) in [5, 5.41) is 15.3. The number of thiazole rings is 1. The molecular formula is C14H23N3O2S. The average molecular weight is 297 g/mol. The molecule has 1 amide bonds. The van der Waals surface area contributed by atoms with Crippen molar-refractivity contribution in [1.82, 2.24) is 10.3 Å². The summed E-state index contributed by atoms with van der Waals surface area (Å²) < 4.78 is 0. The number of nitrogens with zero attached hydrogens (tertiary/aromatic N) is 1. The molecule has 6 heteroatoms. The van der Waals surface area contributed by atoms with Crippen LogP contribution in [0.3, 0.4) is 0 Å². The molecule has 0 radical (unpaired) electrons. The van der Waals surface area contributed by atoms with E-state index in [-0.39, 0.29) is 12.5 Å². The largest absolute Gasteiger partial charge is 0.394 e. The van der Waals surface area contributed by atoms with E-state index in [2.05, 4.69) is 17.2 Å². The normalized spacial score (nSPS) is 26.4. The van der Waals surface area contributed by atoms with E-state index < -0.39 is 5.54 Å². The number of carbonyl (C=O) groups excluding carboxylic acids is 1. The van der Waals surface area contributed by atoms with Crippen LogP contribution in [0.25, 0.3) is 0 Å². The van der Waals surface area contributed by atoms with Gasteiger partial charge in [0.25, 0.3) is 5.91 Å². The van der Waals surface area contributed by atoms with E-state index in [1.807, 2.05) is 0 Å². The summed E-state index contributed by atoms with van der Waals surface area (Å²) in [5.74, 6) is 0.340. The molecule has 4 N–H and O–H groups in total. The van der Waals surface area contributed by atoms with Crippen molar-refractivity contribution in [1.29, 1.82) is 0 Å². The lowest BCUT2D eigenvalue weighted by Gasteiger charge is -2.39. The number of hydrogen-bond donors (Lipinski definition) is 3. The summed E-state index contributed by atoms with van der Waals surface area (Å²) in [6, 6.07) is 0. The Morgan fingerprint density at radius 1 is 1.70 bits per heavy atom. The van der Waals surface area contributed by atoms with E-state index in [9.17, 15) is 9.90 Å². The molecule has 1 aliphatic carbocycles. The molecule has 0 spiro atoms. The predicted octanol–water partition coefficient (Wildman–Crippen LogP) is 1.32. The van der Waals surface area contributed by atoms with Crippen LogP contribution in [0.4, 0.5) is 0 Å². The molecule has 112 valence electrons. The van der Waals surface area contributed by atoms with Gasteiger partial charge >= 0.3 is 0 Å². The first-order valence-electron chi connectivity index (χ1n) is 7.16. The lowest BCUT2D eigenvalue weighted by Crippen LogP contribution is -2.53. The molecule has 1 fully saturated rings. The zero-order chi connectivity index (χ0) is 14.6. The van der Waals surface area contributed by atoms with E-state index in [0.29, 0.717) is 24.6 Å². The highest BCUT2D eigenvalue weighted by Gasteiger charge is 2.36. The zero-order valence-corrected chi connectivity index (χ0v) is 12.7. The Morgan fingerprint density at radius 2 is 2.50 bits per heavy atom. The lowest BCUT2D eigenvalue weighted by atomic mass is 9.77. The van der Waals surface area contributed by atoms with Crippen LogP contribution in [-0.4, -0.2) is 34.7 Å².